The highest BCUT2D eigenvalue weighted by Crippen LogP contribution is 2.32. The van der Waals surface area contributed by atoms with Crippen molar-refractivity contribution in [1.29, 1.82) is 0 Å². The summed E-state index contributed by atoms with van der Waals surface area (Å²) >= 11 is 3.43. The second kappa shape index (κ2) is 7.40. The molecule has 3 aromatic rings. The number of halogens is 1. The van der Waals surface area contributed by atoms with Crippen LogP contribution in [0, 0.1) is 0 Å². The molecule has 1 N–H and O–H groups in total. The molecule has 0 aliphatic carbocycles. The molecule has 0 bridgehead atoms. The van der Waals surface area contributed by atoms with E-state index in [9.17, 15) is 4.79 Å². The molecule has 0 saturated carbocycles. The summed E-state index contributed by atoms with van der Waals surface area (Å²) in [5, 5.41) is 4.83. The largest absolute Gasteiger partial charge is 0.493 e. The van der Waals surface area contributed by atoms with Crippen molar-refractivity contribution in [3.05, 3.63) is 58.3 Å². The molecule has 0 fully saturated rings. The average molecular weight is 403 g/mol. The molecule has 7 heteroatoms. The molecule has 3 rings (SSSR count). The minimum absolute atomic E-state index is 0.199. The molecule has 0 atom stereocenters. The molecule has 1 amide bonds. The Morgan fingerprint density at radius 1 is 1.16 bits per heavy atom. The van der Waals surface area contributed by atoms with Gasteiger partial charge in [0.1, 0.15) is 5.58 Å². The molecule has 128 valence electrons. The van der Waals surface area contributed by atoms with Crippen LogP contribution in [0.1, 0.15) is 16.1 Å². The van der Waals surface area contributed by atoms with E-state index in [1.807, 2.05) is 18.2 Å². The fraction of sp³-hybridized carbons (Fsp3) is 0.111. The smallest absolute Gasteiger partial charge is 0.307 e. The van der Waals surface area contributed by atoms with E-state index in [-0.39, 0.29) is 5.76 Å². The van der Waals surface area contributed by atoms with Crippen LogP contribution in [0.25, 0.3) is 11.0 Å². The fourth-order valence-electron chi connectivity index (χ4n) is 2.28. The van der Waals surface area contributed by atoms with Crippen LogP contribution in [0.4, 0.5) is 0 Å². The number of amides is 1. The first-order valence-corrected chi connectivity index (χ1v) is 8.15. The number of furan rings is 1. The lowest BCUT2D eigenvalue weighted by molar-refractivity contribution is 0.0929. The van der Waals surface area contributed by atoms with E-state index in [4.69, 9.17) is 13.9 Å². The van der Waals surface area contributed by atoms with Crippen LogP contribution < -0.4 is 14.9 Å². The number of benzene rings is 2. The molecule has 1 aromatic heterocycles. The molecule has 0 saturated heterocycles. The molecule has 0 radical (unpaired) electrons. The van der Waals surface area contributed by atoms with Gasteiger partial charge in [0.05, 0.1) is 20.4 Å². The summed E-state index contributed by atoms with van der Waals surface area (Å²) in [6.45, 7) is 0. The van der Waals surface area contributed by atoms with Gasteiger partial charge in [0.2, 0.25) is 0 Å². The van der Waals surface area contributed by atoms with E-state index in [0.717, 1.165) is 15.4 Å². The van der Waals surface area contributed by atoms with Crippen LogP contribution in [0.2, 0.25) is 0 Å². The molecule has 0 spiro atoms. The van der Waals surface area contributed by atoms with Crippen LogP contribution in [0.15, 0.2) is 56.5 Å². The maximum atomic E-state index is 12.1. The highest BCUT2D eigenvalue weighted by molar-refractivity contribution is 9.10. The number of hydrazone groups is 1. The van der Waals surface area contributed by atoms with E-state index < -0.39 is 5.91 Å². The summed E-state index contributed by atoms with van der Waals surface area (Å²) in [6.07, 6.45) is 1.51. The molecule has 25 heavy (non-hydrogen) atoms. The lowest BCUT2D eigenvalue weighted by atomic mass is 10.2. The lowest BCUT2D eigenvalue weighted by Gasteiger charge is -2.09. The Balaban J connectivity index is 1.75. The number of fused-ring (bicyclic) bond motifs is 1. The normalized spacial score (nSPS) is 11.0. The van der Waals surface area contributed by atoms with Crippen molar-refractivity contribution in [1.82, 2.24) is 5.43 Å². The molecule has 0 aliphatic heterocycles. The Labute approximate surface area is 152 Å². The maximum Gasteiger partial charge on any atom is 0.307 e. The second-order valence-corrected chi connectivity index (χ2v) is 5.93. The zero-order chi connectivity index (χ0) is 17.8. The van der Waals surface area contributed by atoms with Gasteiger partial charge in [-0.2, -0.15) is 5.10 Å². The number of carbonyl (C=O) groups is 1. The molecule has 2 aromatic carbocycles. The van der Waals surface area contributed by atoms with Crippen molar-refractivity contribution in [2.24, 2.45) is 5.10 Å². The minimum Gasteiger partial charge on any atom is -0.493 e. The Hall–Kier alpha value is -2.80. The van der Waals surface area contributed by atoms with Crippen molar-refractivity contribution >= 4 is 39.0 Å². The SMILES string of the molecule is COc1cc(Br)c(/C=N/NC(=O)c2cc3ccccc3o2)cc1OC. The second-order valence-electron chi connectivity index (χ2n) is 5.08. The predicted molar refractivity (Wildman–Crippen MR) is 98.5 cm³/mol. The third-order valence-corrected chi connectivity index (χ3v) is 4.21. The first kappa shape index (κ1) is 17.0. The Kier molecular flexibility index (Phi) is 5.04. The van der Waals surface area contributed by atoms with Gasteiger partial charge in [0.25, 0.3) is 0 Å². The van der Waals surface area contributed by atoms with Crippen LogP contribution in [-0.2, 0) is 0 Å². The minimum atomic E-state index is -0.427. The lowest BCUT2D eigenvalue weighted by Crippen LogP contribution is -2.16. The van der Waals surface area contributed by atoms with Gasteiger partial charge in [0.15, 0.2) is 17.3 Å². The van der Waals surface area contributed by atoms with Crippen LogP contribution in [0.3, 0.4) is 0 Å². The fourth-order valence-corrected chi connectivity index (χ4v) is 2.70. The number of hydrogen-bond acceptors (Lipinski definition) is 5. The monoisotopic (exact) mass is 402 g/mol. The highest BCUT2D eigenvalue weighted by Gasteiger charge is 2.11. The van der Waals surface area contributed by atoms with Crippen LogP contribution >= 0.6 is 15.9 Å². The molecule has 0 aliphatic rings. The molecule has 1 heterocycles. The van der Waals surface area contributed by atoms with E-state index in [0.29, 0.717) is 17.1 Å². The molecule has 6 nitrogen and oxygen atoms in total. The zero-order valence-electron chi connectivity index (χ0n) is 13.6. The zero-order valence-corrected chi connectivity index (χ0v) is 15.2. The van der Waals surface area contributed by atoms with Crippen molar-refractivity contribution in [3.8, 4) is 11.5 Å². The van der Waals surface area contributed by atoms with Crippen molar-refractivity contribution < 1.29 is 18.7 Å². The third kappa shape index (κ3) is 3.66. The highest BCUT2D eigenvalue weighted by atomic mass is 79.9. The van der Waals surface area contributed by atoms with Gasteiger partial charge >= 0.3 is 5.91 Å². The van der Waals surface area contributed by atoms with Gasteiger partial charge < -0.3 is 13.9 Å². The van der Waals surface area contributed by atoms with E-state index in [1.165, 1.54) is 6.21 Å². The van der Waals surface area contributed by atoms with Gasteiger partial charge in [-0.3, -0.25) is 4.79 Å². The standard InChI is InChI=1S/C18H15BrN2O4/c1-23-15-8-12(13(19)9-16(15)24-2)10-20-21-18(22)17-7-11-5-3-4-6-14(11)25-17/h3-10H,1-2H3,(H,21,22)/b20-10+. The Bertz CT molecular complexity index is 916. The van der Waals surface area contributed by atoms with Crippen LogP contribution in [-0.4, -0.2) is 26.3 Å². The van der Waals surface area contributed by atoms with Gasteiger partial charge in [-0.05, 0) is 40.2 Å². The number of rotatable bonds is 5. The number of methoxy groups -OCH3 is 2. The summed E-state index contributed by atoms with van der Waals surface area (Å²) in [5.41, 5.74) is 3.82. The average Bonchev–Trinajstić information content (AvgIpc) is 3.06. The summed E-state index contributed by atoms with van der Waals surface area (Å²) in [5.74, 6) is 0.933. The number of nitrogens with zero attached hydrogens (tertiary/aromatic N) is 1. The van der Waals surface area contributed by atoms with E-state index in [2.05, 4.69) is 26.5 Å². The van der Waals surface area contributed by atoms with Gasteiger partial charge in [0, 0.05) is 15.4 Å². The summed E-state index contributed by atoms with van der Waals surface area (Å²) in [6, 6.07) is 12.6. The van der Waals surface area contributed by atoms with Crippen molar-refractivity contribution in [3.63, 3.8) is 0 Å². The molecular weight excluding hydrogens is 388 g/mol. The number of para-hydroxylation sites is 1. The van der Waals surface area contributed by atoms with Gasteiger partial charge in [-0.15, -0.1) is 0 Å². The molecular formula is C18H15BrN2O4. The summed E-state index contributed by atoms with van der Waals surface area (Å²) < 4.78 is 16.7. The van der Waals surface area contributed by atoms with Crippen molar-refractivity contribution in [2.75, 3.05) is 14.2 Å². The molecule has 0 unspecified atom stereocenters. The van der Waals surface area contributed by atoms with Gasteiger partial charge in [-0.25, -0.2) is 5.43 Å². The van der Waals surface area contributed by atoms with Crippen molar-refractivity contribution in [2.45, 2.75) is 0 Å². The van der Waals surface area contributed by atoms with Crippen LogP contribution in [0.5, 0.6) is 11.5 Å². The summed E-state index contributed by atoms with van der Waals surface area (Å²) in [7, 11) is 3.11. The summed E-state index contributed by atoms with van der Waals surface area (Å²) in [4.78, 5) is 12.1. The third-order valence-electron chi connectivity index (χ3n) is 3.52. The first-order chi connectivity index (χ1) is 12.1. The van der Waals surface area contributed by atoms with E-state index >= 15 is 0 Å². The maximum absolute atomic E-state index is 12.1. The number of nitrogens with one attached hydrogen (secondary N) is 1. The predicted octanol–water partition coefficient (Wildman–Crippen LogP) is 3.98. The van der Waals surface area contributed by atoms with Gasteiger partial charge in [-0.1, -0.05) is 18.2 Å². The quantitative estimate of drug-likeness (QED) is 0.517. The number of hydrogen-bond donors (Lipinski definition) is 1. The number of ether oxygens (including phenoxy) is 2. The Morgan fingerprint density at radius 3 is 2.60 bits per heavy atom. The Morgan fingerprint density at radius 2 is 1.88 bits per heavy atom. The topological polar surface area (TPSA) is 73.1 Å². The van der Waals surface area contributed by atoms with E-state index in [1.54, 1.807) is 38.5 Å². The first-order valence-electron chi connectivity index (χ1n) is 7.36. The number of carbonyl (C=O) groups excluding carboxylic acids is 1.